The van der Waals surface area contributed by atoms with Crippen LogP contribution in [0.1, 0.15) is 28.4 Å². The monoisotopic (exact) mass is 404 g/mol. The molecule has 0 aliphatic carbocycles. The van der Waals surface area contributed by atoms with Gasteiger partial charge in [-0.3, -0.25) is 9.78 Å². The van der Waals surface area contributed by atoms with Crippen LogP contribution in [0.2, 0.25) is 0 Å². The van der Waals surface area contributed by atoms with Gasteiger partial charge in [0.2, 0.25) is 0 Å². The molecule has 1 amide bonds. The first kappa shape index (κ1) is 21.0. The number of hydrogen-bond donors (Lipinski definition) is 0. The van der Waals surface area contributed by atoms with E-state index < -0.39 is 5.97 Å². The minimum absolute atomic E-state index is 0.106. The molecule has 0 unspecified atom stereocenters. The van der Waals surface area contributed by atoms with Crippen molar-refractivity contribution < 1.29 is 19.1 Å². The molecule has 3 aromatic rings. The Balaban J connectivity index is 1.80. The molecule has 0 aliphatic rings. The van der Waals surface area contributed by atoms with E-state index >= 15 is 0 Å². The first-order chi connectivity index (χ1) is 14.6. The lowest BCUT2D eigenvalue weighted by Gasteiger charge is -2.23. The number of ether oxygens (including phenoxy) is 2. The van der Waals surface area contributed by atoms with E-state index in [1.807, 2.05) is 43.3 Å². The third-order valence-corrected chi connectivity index (χ3v) is 4.50. The maximum absolute atomic E-state index is 13.0. The van der Waals surface area contributed by atoms with Crippen LogP contribution in [0.25, 0.3) is 0 Å². The number of benzene rings is 2. The molecule has 0 bridgehead atoms. The molecule has 6 heteroatoms. The quantitative estimate of drug-likeness (QED) is 0.527. The first-order valence-electron chi connectivity index (χ1n) is 9.73. The summed E-state index contributed by atoms with van der Waals surface area (Å²) in [4.78, 5) is 30.7. The van der Waals surface area contributed by atoms with Crippen molar-refractivity contribution in [3.8, 4) is 5.75 Å². The summed E-state index contributed by atoms with van der Waals surface area (Å²) >= 11 is 0. The number of amides is 1. The highest BCUT2D eigenvalue weighted by atomic mass is 16.5. The molecule has 0 spiro atoms. The minimum Gasteiger partial charge on any atom is -0.483 e. The van der Waals surface area contributed by atoms with Crippen LogP contribution in [0.4, 0.5) is 5.69 Å². The van der Waals surface area contributed by atoms with Gasteiger partial charge in [0.25, 0.3) is 5.91 Å². The van der Waals surface area contributed by atoms with Crippen LogP contribution >= 0.6 is 0 Å². The number of nitrogens with zero attached hydrogens (tertiary/aromatic N) is 2. The fraction of sp³-hybridized carbons (Fsp3) is 0.208. The van der Waals surface area contributed by atoms with Gasteiger partial charge in [-0.15, -0.1) is 0 Å². The molecule has 0 atom stereocenters. The second kappa shape index (κ2) is 10.2. The predicted molar refractivity (Wildman–Crippen MR) is 114 cm³/mol. The number of para-hydroxylation sites is 1. The number of hydrogen-bond acceptors (Lipinski definition) is 5. The second-order valence-electron chi connectivity index (χ2n) is 6.66. The Morgan fingerprint density at radius 1 is 1.00 bits per heavy atom. The summed E-state index contributed by atoms with van der Waals surface area (Å²) in [6.07, 6.45) is 3.40. The zero-order valence-electron chi connectivity index (χ0n) is 17.1. The van der Waals surface area contributed by atoms with Crippen molar-refractivity contribution in [2.24, 2.45) is 0 Å². The number of carbonyl (C=O) groups is 2. The van der Waals surface area contributed by atoms with Crippen LogP contribution in [0, 0.1) is 6.92 Å². The summed E-state index contributed by atoms with van der Waals surface area (Å²) in [5, 5.41) is 0. The van der Waals surface area contributed by atoms with Crippen molar-refractivity contribution in [1.29, 1.82) is 0 Å². The lowest BCUT2D eigenvalue weighted by atomic mass is 10.1. The first-order valence-corrected chi connectivity index (χ1v) is 9.73. The van der Waals surface area contributed by atoms with Crippen LogP contribution in [0.5, 0.6) is 5.75 Å². The molecule has 30 heavy (non-hydrogen) atoms. The number of carbonyl (C=O) groups excluding carboxylic acids is 2. The van der Waals surface area contributed by atoms with Crippen LogP contribution in [-0.4, -0.2) is 30.1 Å². The number of rotatable bonds is 8. The van der Waals surface area contributed by atoms with Gasteiger partial charge in [-0.05, 0) is 61.4 Å². The second-order valence-corrected chi connectivity index (χ2v) is 6.66. The van der Waals surface area contributed by atoms with Gasteiger partial charge in [0, 0.05) is 18.1 Å². The van der Waals surface area contributed by atoms with Gasteiger partial charge < -0.3 is 14.4 Å². The van der Waals surface area contributed by atoms with Gasteiger partial charge in [0.15, 0.2) is 6.61 Å². The van der Waals surface area contributed by atoms with Gasteiger partial charge in [0.1, 0.15) is 5.75 Å². The van der Waals surface area contributed by atoms with E-state index in [2.05, 4.69) is 4.98 Å². The molecule has 0 saturated carbocycles. The molecule has 6 nitrogen and oxygen atoms in total. The normalized spacial score (nSPS) is 10.3. The lowest BCUT2D eigenvalue weighted by molar-refractivity contribution is -0.120. The van der Waals surface area contributed by atoms with Gasteiger partial charge in [0.05, 0.1) is 18.7 Å². The molecule has 0 radical (unpaired) electrons. The molecule has 3 rings (SSSR count). The number of anilines is 1. The van der Waals surface area contributed by atoms with Crippen molar-refractivity contribution in [2.45, 2.75) is 20.4 Å². The minimum atomic E-state index is -0.392. The molecule has 154 valence electrons. The SMILES string of the molecule is CCOC(=O)c1ccc(N(Cc2cccnc2)C(=O)COc2ccccc2C)cc1. The largest absolute Gasteiger partial charge is 0.483 e. The maximum Gasteiger partial charge on any atom is 0.338 e. The Morgan fingerprint density at radius 3 is 2.43 bits per heavy atom. The van der Waals surface area contributed by atoms with Crippen molar-refractivity contribution in [2.75, 3.05) is 18.1 Å². The molecule has 2 aromatic carbocycles. The number of esters is 1. The summed E-state index contributed by atoms with van der Waals surface area (Å²) < 4.78 is 10.8. The summed E-state index contributed by atoms with van der Waals surface area (Å²) in [5.74, 6) is 0.0768. The number of pyridine rings is 1. The van der Waals surface area contributed by atoms with Gasteiger partial charge in [-0.1, -0.05) is 24.3 Å². The van der Waals surface area contributed by atoms with Gasteiger partial charge in [-0.2, -0.15) is 0 Å². The van der Waals surface area contributed by atoms with E-state index in [1.54, 1.807) is 48.5 Å². The van der Waals surface area contributed by atoms with E-state index in [0.29, 0.717) is 30.2 Å². The predicted octanol–water partition coefficient (Wildman–Crippen LogP) is 4.18. The van der Waals surface area contributed by atoms with Crippen molar-refractivity contribution >= 4 is 17.6 Å². The average molecular weight is 404 g/mol. The van der Waals surface area contributed by atoms with Crippen LogP contribution in [0.15, 0.2) is 73.1 Å². The smallest absolute Gasteiger partial charge is 0.338 e. The zero-order chi connectivity index (χ0) is 21.3. The third kappa shape index (κ3) is 5.44. The Morgan fingerprint density at radius 2 is 1.77 bits per heavy atom. The summed E-state index contributed by atoms with van der Waals surface area (Å²) in [7, 11) is 0. The molecule has 0 fully saturated rings. The van der Waals surface area contributed by atoms with Crippen LogP contribution < -0.4 is 9.64 Å². The Kier molecular flexibility index (Phi) is 7.16. The van der Waals surface area contributed by atoms with E-state index in [9.17, 15) is 9.59 Å². The molecular formula is C24H24N2O4. The van der Waals surface area contributed by atoms with E-state index in [4.69, 9.17) is 9.47 Å². The third-order valence-electron chi connectivity index (χ3n) is 4.50. The van der Waals surface area contributed by atoms with Gasteiger partial charge >= 0.3 is 5.97 Å². The van der Waals surface area contributed by atoms with Crippen LogP contribution in [-0.2, 0) is 16.1 Å². The van der Waals surface area contributed by atoms with E-state index in [-0.39, 0.29) is 12.5 Å². The van der Waals surface area contributed by atoms with E-state index in [0.717, 1.165) is 11.1 Å². The van der Waals surface area contributed by atoms with E-state index in [1.165, 1.54) is 0 Å². The fourth-order valence-corrected chi connectivity index (χ4v) is 2.93. The van der Waals surface area contributed by atoms with Gasteiger partial charge in [-0.25, -0.2) is 4.79 Å². The summed E-state index contributed by atoms with van der Waals surface area (Å²) in [6, 6.07) is 18.1. The Hall–Kier alpha value is -3.67. The number of aromatic nitrogens is 1. The molecule has 1 aromatic heterocycles. The standard InChI is InChI=1S/C24H24N2O4/c1-3-29-24(28)20-10-12-21(13-11-20)26(16-19-8-6-14-25-15-19)23(27)17-30-22-9-5-4-7-18(22)2/h4-15H,3,16-17H2,1-2H3. The Labute approximate surface area is 176 Å². The van der Waals surface area contributed by atoms with Crippen molar-refractivity contribution in [3.63, 3.8) is 0 Å². The lowest BCUT2D eigenvalue weighted by Crippen LogP contribution is -2.34. The molecule has 0 saturated heterocycles. The summed E-state index contributed by atoms with van der Waals surface area (Å²) in [5.41, 5.74) is 2.94. The number of aryl methyl sites for hydroxylation is 1. The average Bonchev–Trinajstić information content (AvgIpc) is 2.78. The van der Waals surface area contributed by atoms with Crippen LogP contribution in [0.3, 0.4) is 0 Å². The molecular weight excluding hydrogens is 380 g/mol. The topological polar surface area (TPSA) is 68.7 Å². The Bertz CT molecular complexity index is 988. The highest BCUT2D eigenvalue weighted by Gasteiger charge is 2.18. The summed E-state index contributed by atoms with van der Waals surface area (Å²) in [6.45, 7) is 4.23. The zero-order valence-corrected chi connectivity index (χ0v) is 17.1. The fourth-order valence-electron chi connectivity index (χ4n) is 2.93. The maximum atomic E-state index is 13.0. The highest BCUT2D eigenvalue weighted by Crippen LogP contribution is 2.21. The highest BCUT2D eigenvalue weighted by molar-refractivity contribution is 5.95. The molecule has 0 N–H and O–H groups in total. The molecule has 0 aliphatic heterocycles. The molecule has 1 heterocycles. The van der Waals surface area contributed by atoms with Crippen molar-refractivity contribution in [3.05, 3.63) is 89.7 Å². The van der Waals surface area contributed by atoms with Crippen molar-refractivity contribution in [1.82, 2.24) is 4.98 Å².